The summed E-state index contributed by atoms with van der Waals surface area (Å²) in [6.45, 7) is 5.78. The van der Waals surface area contributed by atoms with E-state index in [0.29, 0.717) is 5.11 Å². The predicted molar refractivity (Wildman–Crippen MR) is 60.3 cm³/mol. The van der Waals surface area contributed by atoms with Crippen molar-refractivity contribution in [1.82, 2.24) is 10.2 Å². The van der Waals surface area contributed by atoms with Gasteiger partial charge in [-0.05, 0) is 25.6 Å². The number of carbonyl (C=O) groups is 1. The predicted octanol–water partition coefficient (Wildman–Crippen LogP) is 1.75. The van der Waals surface area contributed by atoms with E-state index in [1.54, 1.807) is 0 Å². The maximum Gasteiger partial charge on any atom is 0.413 e. The number of thiocarbonyl (C=S) groups is 1. The first-order valence-corrected chi connectivity index (χ1v) is 5.20. The molecular weight excluding hydrogens is 200 g/mol. The molecule has 14 heavy (non-hydrogen) atoms. The molecule has 0 radical (unpaired) electrons. The summed E-state index contributed by atoms with van der Waals surface area (Å²) in [6.07, 6.45) is 1.67. The van der Waals surface area contributed by atoms with Gasteiger partial charge in [-0.25, -0.2) is 4.79 Å². The molecule has 0 unspecified atom stereocenters. The van der Waals surface area contributed by atoms with Crippen LogP contribution in [0.25, 0.3) is 0 Å². The smallest absolute Gasteiger partial charge is 0.413 e. The standard InChI is InChI=1S/C9H18N2O2S/c1-4-6-7-11(5-2)8(14)10-9(12)13-3/h4-7H2,1-3H3,(H,10,12,14). The molecular formula is C9H18N2O2S. The lowest BCUT2D eigenvalue weighted by Gasteiger charge is -2.22. The molecule has 0 fully saturated rings. The Hall–Kier alpha value is -0.840. The van der Waals surface area contributed by atoms with Gasteiger partial charge >= 0.3 is 6.09 Å². The zero-order chi connectivity index (χ0) is 11.0. The molecule has 4 nitrogen and oxygen atoms in total. The minimum absolute atomic E-state index is 0.438. The molecule has 1 N–H and O–H groups in total. The Morgan fingerprint density at radius 2 is 2.14 bits per heavy atom. The molecule has 0 saturated carbocycles. The molecule has 5 heteroatoms. The minimum Gasteiger partial charge on any atom is -0.453 e. The van der Waals surface area contributed by atoms with Crippen molar-refractivity contribution in [3.8, 4) is 0 Å². The number of hydrogen-bond donors (Lipinski definition) is 1. The molecule has 1 amide bonds. The third kappa shape index (κ3) is 5.01. The quantitative estimate of drug-likeness (QED) is 0.730. The van der Waals surface area contributed by atoms with Crippen LogP contribution in [-0.2, 0) is 4.74 Å². The second-order valence-electron chi connectivity index (χ2n) is 2.85. The van der Waals surface area contributed by atoms with Crippen molar-refractivity contribution < 1.29 is 9.53 Å². The van der Waals surface area contributed by atoms with Gasteiger partial charge in [-0.1, -0.05) is 13.3 Å². The number of hydrogen-bond acceptors (Lipinski definition) is 3. The van der Waals surface area contributed by atoms with E-state index in [1.165, 1.54) is 7.11 Å². The zero-order valence-electron chi connectivity index (χ0n) is 9.00. The SMILES string of the molecule is CCCCN(CC)C(=S)NC(=O)OC. The molecule has 0 aromatic heterocycles. The first-order chi connectivity index (χ1) is 6.65. The van der Waals surface area contributed by atoms with Gasteiger partial charge in [-0.15, -0.1) is 0 Å². The van der Waals surface area contributed by atoms with E-state index in [9.17, 15) is 4.79 Å². The number of carbonyl (C=O) groups excluding carboxylic acids is 1. The van der Waals surface area contributed by atoms with Gasteiger partial charge in [-0.2, -0.15) is 0 Å². The van der Waals surface area contributed by atoms with Crippen molar-refractivity contribution >= 4 is 23.4 Å². The molecule has 0 aromatic rings. The molecule has 0 heterocycles. The Morgan fingerprint density at radius 3 is 2.57 bits per heavy atom. The first kappa shape index (κ1) is 13.2. The maximum atomic E-state index is 10.9. The Labute approximate surface area is 90.6 Å². The molecule has 0 bridgehead atoms. The van der Waals surface area contributed by atoms with Crippen LogP contribution < -0.4 is 5.32 Å². The normalized spacial score (nSPS) is 9.36. The van der Waals surface area contributed by atoms with Crippen LogP contribution in [0.2, 0.25) is 0 Å². The van der Waals surface area contributed by atoms with Crippen LogP contribution in [-0.4, -0.2) is 36.3 Å². The van der Waals surface area contributed by atoms with Crippen molar-refractivity contribution in [1.29, 1.82) is 0 Å². The highest BCUT2D eigenvalue weighted by atomic mass is 32.1. The van der Waals surface area contributed by atoms with E-state index in [1.807, 2.05) is 11.8 Å². The van der Waals surface area contributed by atoms with E-state index in [0.717, 1.165) is 25.9 Å². The second-order valence-corrected chi connectivity index (χ2v) is 3.24. The molecule has 0 saturated heterocycles. The molecule has 0 atom stereocenters. The molecule has 0 rings (SSSR count). The van der Waals surface area contributed by atoms with Gasteiger partial charge in [0.1, 0.15) is 0 Å². The fourth-order valence-corrected chi connectivity index (χ4v) is 1.27. The average molecular weight is 218 g/mol. The Balaban J connectivity index is 3.97. The van der Waals surface area contributed by atoms with Crippen LogP contribution in [0.4, 0.5) is 4.79 Å². The summed E-state index contributed by atoms with van der Waals surface area (Å²) in [5.74, 6) is 0. The fraction of sp³-hybridized carbons (Fsp3) is 0.778. The molecule has 0 aliphatic carbocycles. The summed E-state index contributed by atoms with van der Waals surface area (Å²) in [5, 5.41) is 2.92. The van der Waals surface area contributed by atoms with Crippen LogP contribution in [0.5, 0.6) is 0 Å². The Kier molecular flexibility index (Phi) is 7.10. The van der Waals surface area contributed by atoms with Crippen LogP contribution in [0.1, 0.15) is 26.7 Å². The van der Waals surface area contributed by atoms with Crippen molar-refractivity contribution in [2.45, 2.75) is 26.7 Å². The first-order valence-electron chi connectivity index (χ1n) is 4.79. The molecule has 0 aromatic carbocycles. The highest BCUT2D eigenvalue weighted by Gasteiger charge is 2.09. The summed E-state index contributed by atoms with van der Waals surface area (Å²) in [4.78, 5) is 12.8. The van der Waals surface area contributed by atoms with E-state index in [-0.39, 0.29) is 0 Å². The lowest BCUT2D eigenvalue weighted by Crippen LogP contribution is -2.42. The molecule has 0 aliphatic heterocycles. The van der Waals surface area contributed by atoms with Gasteiger partial charge in [-0.3, -0.25) is 5.32 Å². The number of amides is 1. The van der Waals surface area contributed by atoms with Crippen molar-refractivity contribution in [2.75, 3.05) is 20.2 Å². The summed E-state index contributed by atoms with van der Waals surface area (Å²) >= 11 is 5.04. The lowest BCUT2D eigenvalue weighted by molar-refractivity contribution is 0.175. The Morgan fingerprint density at radius 1 is 1.50 bits per heavy atom. The largest absolute Gasteiger partial charge is 0.453 e. The van der Waals surface area contributed by atoms with E-state index in [2.05, 4.69) is 17.0 Å². The number of rotatable bonds is 4. The highest BCUT2D eigenvalue weighted by molar-refractivity contribution is 7.80. The summed E-state index contributed by atoms with van der Waals surface area (Å²) in [5.41, 5.74) is 0. The van der Waals surface area contributed by atoms with Gasteiger partial charge in [0.15, 0.2) is 5.11 Å². The van der Waals surface area contributed by atoms with Crippen LogP contribution in [0.15, 0.2) is 0 Å². The van der Waals surface area contributed by atoms with Crippen molar-refractivity contribution in [2.24, 2.45) is 0 Å². The van der Waals surface area contributed by atoms with E-state index >= 15 is 0 Å². The topological polar surface area (TPSA) is 41.6 Å². The lowest BCUT2D eigenvalue weighted by atomic mass is 10.3. The minimum atomic E-state index is -0.509. The fourth-order valence-electron chi connectivity index (χ4n) is 0.970. The van der Waals surface area contributed by atoms with Crippen LogP contribution in [0, 0.1) is 0 Å². The summed E-state index contributed by atoms with van der Waals surface area (Å²) in [7, 11) is 1.32. The number of nitrogens with one attached hydrogen (secondary N) is 1. The average Bonchev–Trinajstić information content (AvgIpc) is 2.18. The number of ether oxygens (including phenoxy) is 1. The van der Waals surface area contributed by atoms with E-state index in [4.69, 9.17) is 12.2 Å². The summed E-state index contributed by atoms with van der Waals surface area (Å²) in [6, 6.07) is 0. The monoisotopic (exact) mass is 218 g/mol. The number of unbranched alkanes of at least 4 members (excludes halogenated alkanes) is 1. The maximum absolute atomic E-state index is 10.9. The number of alkyl carbamates (subject to hydrolysis) is 1. The zero-order valence-corrected chi connectivity index (χ0v) is 9.82. The molecule has 0 spiro atoms. The molecule has 82 valence electrons. The van der Waals surface area contributed by atoms with Gasteiger partial charge in [0.25, 0.3) is 0 Å². The van der Waals surface area contributed by atoms with Gasteiger partial charge in [0, 0.05) is 13.1 Å². The van der Waals surface area contributed by atoms with Gasteiger partial charge in [0.2, 0.25) is 0 Å². The van der Waals surface area contributed by atoms with Gasteiger partial charge < -0.3 is 9.64 Å². The summed E-state index contributed by atoms with van der Waals surface area (Å²) < 4.78 is 4.46. The van der Waals surface area contributed by atoms with E-state index < -0.39 is 6.09 Å². The van der Waals surface area contributed by atoms with Crippen molar-refractivity contribution in [3.05, 3.63) is 0 Å². The number of methoxy groups -OCH3 is 1. The van der Waals surface area contributed by atoms with Crippen LogP contribution in [0.3, 0.4) is 0 Å². The van der Waals surface area contributed by atoms with Crippen molar-refractivity contribution in [3.63, 3.8) is 0 Å². The number of nitrogens with zero attached hydrogens (tertiary/aromatic N) is 1. The molecule has 0 aliphatic rings. The third-order valence-electron chi connectivity index (χ3n) is 1.84. The third-order valence-corrected chi connectivity index (χ3v) is 2.21. The highest BCUT2D eigenvalue weighted by Crippen LogP contribution is 1.95. The van der Waals surface area contributed by atoms with Gasteiger partial charge in [0.05, 0.1) is 7.11 Å². The van der Waals surface area contributed by atoms with Crippen LogP contribution >= 0.6 is 12.2 Å². The second kappa shape index (κ2) is 7.55. The Bertz CT molecular complexity index is 197.